The number of nitrogens with zero attached hydrogens (tertiary/aromatic N) is 2. The lowest BCUT2D eigenvalue weighted by Crippen LogP contribution is -2.46. The average Bonchev–Trinajstić information content (AvgIpc) is 2.87. The number of carboxylic acid groups (broad SMARTS) is 1. The Morgan fingerprint density at radius 3 is 2.89 bits per heavy atom. The number of hydrogen-bond donors (Lipinski definition) is 4. The van der Waals surface area contributed by atoms with Gasteiger partial charge in [0.15, 0.2) is 0 Å². The summed E-state index contributed by atoms with van der Waals surface area (Å²) in [5.74, 6) is -0.254. The summed E-state index contributed by atoms with van der Waals surface area (Å²) in [6.07, 6.45) is 3.92. The van der Waals surface area contributed by atoms with E-state index < -0.39 is 18.0 Å². The van der Waals surface area contributed by atoms with Crippen LogP contribution in [0.2, 0.25) is 0 Å². The molecule has 1 aromatic heterocycles. The molecule has 1 rings (SSSR count). The summed E-state index contributed by atoms with van der Waals surface area (Å²) < 4.78 is 0. The van der Waals surface area contributed by atoms with Crippen molar-refractivity contribution in [1.82, 2.24) is 25.8 Å². The van der Waals surface area contributed by atoms with Crippen LogP contribution in [0.3, 0.4) is 0 Å². The van der Waals surface area contributed by atoms with Crippen LogP contribution in [0.4, 0.5) is 4.79 Å². The smallest absolute Gasteiger partial charge is 0.326 e. The molecule has 4 N–H and O–H groups in total. The maximum Gasteiger partial charge on any atom is 0.326 e. The fourth-order valence-corrected chi connectivity index (χ4v) is 1.56. The highest BCUT2D eigenvalue weighted by molar-refractivity contribution is 5.82. The number of aromatic amines is 1. The van der Waals surface area contributed by atoms with Gasteiger partial charge >= 0.3 is 12.0 Å². The molecule has 2 amide bonds. The Kier molecular flexibility index (Phi) is 6.34. The molecule has 1 heterocycles. The monoisotopic (exact) mass is 269 g/mol. The maximum absolute atomic E-state index is 11.5. The highest BCUT2D eigenvalue weighted by Crippen LogP contribution is 1.96. The van der Waals surface area contributed by atoms with Crippen molar-refractivity contribution >= 4 is 12.0 Å². The van der Waals surface area contributed by atoms with E-state index in [4.69, 9.17) is 5.11 Å². The van der Waals surface area contributed by atoms with Crippen molar-refractivity contribution in [2.75, 3.05) is 6.54 Å². The first-order valence-electron chi connectivity index (χ1n) is 6.25. The van der Waals surface area contributed by atoms with E-state index in [-0.39, 0.29) is 0 Å². The van der Waals surface area contributed by atoms with Gasteiger partial charge in [-0.1, -0.05) is 13.3 Å². The second-order valence-electron chi connectivity index (χ2n) is 4.12. The van der Waals surface area contributed by atoms with E-state index in [1.807, 2.05) is 6.92 Å². The number of nitrogens with one attached hydrogen (secondary N) is 3. The lowest BCUT2D eigenvalue weighted by atomic mass is 10.2. The van der Waals surface area contributed by atoms with E-state index >= 15 is 0 Å². The number of aliphatic carboxylic acids is 1. The molecule has 0 fully saturated rings. The van der Waals surface area contributed by atoms with Gasteiger partial charge in [0.1, 0.15) is 18.2 Å². The summed E-state index contributed by atoms with van der Waals surface area (Å²) in [4.78, 5) is 26.3. The highest BCUT2D eigenvalue weighted by Gasteiger charge is 2.18. The fourth-order valence-electron chi connectivity index (χ4n) is 1.56. The molecule has 8 nitrogen and oxygen atoms in total. The molecule has 0 saturated carbocycles. The van der Waals surface area contributed by atoms with Crippen LogP contribution >= 0.6 is 0 Å². The number of hydrogen-bond acceptors (Lipinski definition) is 4. The van der Waals surface area contributed by atoms with Gasteiger partial charge in [-0.25, -0.2) is 14.6 Å². The second-order valence-corrected chi connectivity index (χ2v) is 4.12. The molecule has 0 bridgehead atoms. The van der Waals surface area contributed by atoms with Gasteiger partial charge in [-0.2, -0.15) is 5.10 Å². The molecule has 19 heavy (non-hydrogen) atoms. The number of urea groups is 1. The SMILES string of the molecule is CCC[C@@H](NC(=O)NCCCc1ncn[nH]1)C(=O)O. The number of carbonyl (C=O) groups is 2. The van der Waals surface area contributed by atoms with Crippen LogP contribution in [0, 0.1) is 0 Å². The van der Waals surface area contributed by atoms with Gasteiger partial charge in [0.25, 0.3) is 0 Å². The van der Waals surface area contributed by atoms with Crippen LogP contribution in [-0.2, 0) is 11.2 Å². The Morgan fingerprint density at radius 2 is 2.32 bits per heavy atom. The molecule has 106 valence electrons. The first-order chi connectivity index (χ1) is 9.13. The van der Waals surface area contributed by atoms with Crippen LogP contribution in [0.25, 0.3) is 0 Å². The molecule has 0 saturated heterocycles. The van der Waals surface area contributed by atoms with Gasteiger partial charge in [0.2, 0.25) is 0 Å². The second kappa shape index (κ2) is 8.06. The highest BCUT2D eigenvalue weighted by atomic mass is 16.4. The van der Waals surface area contributed by atoms with Crippen molar-refractivity contribution < 1.29 is 14.7 Å². The molecular weight excluding hydrogens is 250 g/mol. The minimum Gasteiger partial charge on any atom is -0.480 e. The predicted molar refractivity (Wildman–Crippen MR) is 67.6 cm³/mol. The average molecular weight is 269 g/mol. The molecule has 0 spiro atoms. The quantitative estimate of drug-likeness (QED) is 0.505. The lowest BCUT2D eigenvalue weighted by Gasteiger charge is -2.14. The molecule has 0 aliphatic rings. The van der Waals surface area contributed by atoms with Gasteiger partial charge in [0.05, 0.1) is 0 Å². The third-order valence-electron chi connectivity index (χ3n) is 2.52. The molecule has 0 aliphatic carbocycles. The summed E-state index contributed by atoms with van der Waals surface area (Å²) in [5.41, 5.74) is 0. The number of rotatable bonds is 8. The normalized spacial score (nSPS) is 11.8. The van der Waals surface area contributed by atoms with Gasteiger partial charge < -0.3 is 15.7 Å². The molecule has 1 atom stereocenters. The summed E-state index contributed by atoms with van der Waals surface area (Å²) in [6, 6.07) is -1.29. The molecule has 0 aromatic carbocycles. The first-order valence-corrected chi connectivity index (χ1v) is 6.25. The van der Waals surface area contributed by atoms with E-state index in [9.17, 15) is 9.59 Å². The Morgan fingerprint density at radius 1 is 1.53 bits per heavy atom. The first kappa shape index (κ1) is 14.9. The Labute approximate surface area is 111 Å². The molecule has 1 aromatic rings. The van der Waals surface area contributed by atoms with E-state index in [1.165, 1.54) is 6.33 Å². The lowest BCUT2D eigenvalue weighted by molar-refractivity contribution is -0.139. The van der Waals surface area contributed by atoms with Gasteiger partial charge in [0, 0.05) is 13.0 Å². The van der Waals surface area contributed by atoms with Crippen molar-refractivity contribution in [2.24, 2.45) is 0 Å². The fraction of sp³-hybridized carbons (Fsp3) is 0.636. The van der Waals surface area contributed by atoms with E-state index in [0.29, 0.717) is 32.2 Å². The van der Waals surface area contributed by atoms with Gasteiger partial charge in [-0.15, -0.1) is 0 Å². The molecule has 8 heteroatoms. The van der Waals surface area contributed by atoms with Crippen LogP contribution in [-0.4, -0.2) is 44.9 Å². The van der Waals surface area contributed by atoms with Crippen LogP contribution in [0.15, 0.2) is 6.33 Å². The number of amides is 2. The molecule has 0 aliphatic heterocycles. The number of carboxylic acids is 1. The summed E-state index contributed by atoms with van der Waals surface area (Å²) in [6.45, 7) is 2.32. The zero-order valence-electron chi connectivity index (χ0n) is 10.8. The van der Waals surface area contributed by atoms with Crippen LogP contribution in [0.5, 0.6) is 0 Å². The number of carbonyl (C=O) groups excluding carboxylic acids is 1. The minimum atomic E-state index is -1.02. The van der Waals surface area contributed by atoms with E-state index in [1.54, 1.807) is 0 Å². The van der Waals surface area contributed by atoms with E-state index in [0.717, 1.165) is 5.82 Å². The topological polar surface area (TPSA) is 120 Å². The standard InChI is InChI=1S/C11H19N5O3/c1-2-4-8(10(17)18)15-11(19)12-6-3-5-9-13-7-14-16-9/h7-8H,2-6H2,1H3,(H,17,18)(H2,12,15,19)(H,13,14,16)/t8-/m1/s1. The van der Waals surface area contributed by atoms with Gasteiger partial charge in [-0.05, 0) is 12.8 Å². The minimum absolute atomic E-state index is 0.417. The predicted octanol–water partition coefficient (Wildman–Crippen LogP) is 0.290. The molecule has 0 unspecified atom stereocenters. The number of aryl methyl sites for hydroxylation is 1. The van der Waals surface area contributed by atoms with Gasteiger partial charge in [-0.3, -0.25) is 5.10 Å². The molecular formula is C11H19N5O3. The zero-order chi connectivity index (χ0) is 14.1. The Bertz CT molecular complexity index is 393. The Balaban J connectivity index is 2.17. The van der Waals surface area contributed by atoms with Crippen molar-refractivity contribution in [3.8, 4) is 0 Å². The van der Waals surface area contributed by atoms with E-state index in [2.05, 4.69) is 25.8 Å². The third-order valence-corrected chi connectivity index (χ3v) is 2.52. The third kappa shape index (κ3) is 5.84. The zero-order valence-corrected chi connectivity index (χ0v) is 10.8. The molecule has 0 radical (unpaired) electrons. The van der Waals surface area contributed by atoms with Crippen molar-refractivity contribution in [3.05, 3.63) is 12.2 Å². The van der Waals surface area contributed by atoms with Crippen molar-refractivity contribution in [3.63, 3.8) is 0 Å². The van der Waals surface area contributed by atoms with Crippen LogP contribution in [0.1, 0.15) is 32.0 Å². The van der Waals surface area contributed by atoms with Crippen molar-refractivity contribution in [1.29, 1.82) is 0 Å². The number of aromatic nitrogens is 3. The largest absolute Gasteiger partial charge is 0.480 e. The summed E-state index contributed by atoms with van der Waals surface area (Å²) in [5, 5.41) is 20.4. The van der Waals surface area contributed by atoms with Crippen LogP contribution < -0.4 is 10.6 Å². The Hall–Kier alpha value is -2.12. The summed E-state index contributed by atoms with van der Waals surface area (Å²) >= 11 is 0. The maximum atomic E-state index is 11.5. The number of H-pyrrole nitrogens is 1. The summed E-state index contributed by atoms with van der Waals surface area (Å²) in [7, 11) is 0. The van der Waals surface area contributed by atoms with Crippen molar-refractivity contribution in [2.45, 2.75) is 38.6 Å².